The number of unbranched alkanes of at least 4 members (excludes halogenated alkanes) is 14. The quantitative estimate of drug-likeness (QED) is 0.0173. The molecule has 2 aliphatic rings. The molecule has 408 valence electrons. The number of rotatable bonds is 42. The molecule has 0 spiro atoms. The van der Waals surface area contributed by atoms with E-state index in [0.29, 0.717) is 13.0 Å². The minimum Gasteiger partial charge on any atom is -0.457 e. The van der Waals surface area contributed by atoms with Crippen molar-refractivity contribution in [2.75, 3.05) is 33.0 Å². The summed E-state index contributed by atoms with van der Waals surface area (Å²) in [6.45, 7) is 3.39. The first-order valence-electron chi connectivity index (χ1n) is 27.2. The van der Waals surface area contributed by atoms with Gasteiger partial charge in [-0.15, -0.1) is 0 Å². The third-order valence-electron chi connectivity index (χ3n) is 12.4. The van der Waals surface area contributed by atoms with Crippen molar-refractivity contribution < 1.29 is 69.0 Å². The van der Waals surface area contributed by atoms with Gasteiger partial charge in [-0.3, -0.25) is 4.79 Å². The number of allylic oxidation sites excluding steroid dienone is 14. The van der Waals surface area contributed by atoms with Crippen LogP contribution in [0, 0.1) is 0 Å². The number of carbonyl (C=O) groups is 1. The van der Waals surface area contributed by atoms with Crippen LogP contribution < -0.4 is 0 Å². The van der Waals surface area contributed by atoms with Crippen LogP contribution in [0.25, 0.3) is 0 Å². The summed E-state index contributed by atoms with van der Waals surface area (Å²) in [5.74, 6) is -0.393. The molecule has 14 heteroatoms. The minimum absolute atomic E-state index is 0.0400. The molecule has 71 heavy (non-hydrogen) atoms. The maximum Gasteiger partial charge on any atom is 0.306 e. The molecule has 11 atom stereocenters. The smallest absolute Gasteiger partial charge is 0.306 e. The molecule has 0 aliphatic carbocycles. The van der Waals surface area contributed by atoms with E-state index in [1.807, 2.05) is 0 Å². The first-order chi connectivity index (χ1) is 34.6. The summed E-state index contributed by atoms with van der Waals surface area (Å²) >= 11 is 0. The molecule has 2 rings (SSSR count). The number of hydrogen-bond donors (Lipinski definition) is 7. The molecule has 7 N–H and O–H groups in total. The average Bonchev–Trinajstić information content (AvgIpc) is 3.37. The summed E-state index contributed by atoms with van der Waals surface area (Å²) in [5.41, 5.74) is 0. The highest BCUT2D eigenvalue weighted by Crippen LogP contribution is 2.26. The number of ether oxygens (including phenoxy) is 6. The molecule has 0 amide bonds. The molecule has 0 aromatic carbocycles. The Kier molecular flexibility index (Phi) is 39.4. The van der Waals surface area contributed by atoms with Crippen molar-refractivity contribution in [3.8, 4) is 0 Å². The summed E-state index contributed by atoms with van der Waals surface area (Å²) in [4.78, 5) is 13.0. The van der Waals surface area contributed by atoms with Crippen LogP contribution in [0.2, 0.25) is 0 Å². The van der Waals surface area contributed by atoms with Crippen molar-refractivity contribution in [3.63, 3.8) is 0 Å². The zero-order chi connectivity index (χ0) is 51.6. The molecular weight excluding hydrogens is 909 g/mol. The van der Waals surface area contributed by atoms with E-state index in [4.69, 9.17) is 28.4 Å². The van der Waals surface area contributed by atoms with E-state index >= 15 is 0 Å². The number of esters is 1. The highest BCUT2D eigenvalue weighted by molar-refractivity contribution is 5.69. The second-order valence-electron chi connectivity index (χ2n) is 18.6. The lowest BCUT2D eigenvalue weighted by atomic mass is 9.98. The fraction of sp³-hybridized carbons (Fsp3) is 0.737. The van der Waals surface area contributed by atoms with E-state index in [-0.39, 0.29) is 19.6 Å². The highest BCUT2D eigenvalue weighted by atomic mass is 16.7. The van der Waals surface area contributed by atoms with Crippen LogP contribution in [0.15, 0.2) is 85.1 Å². The normalized spacial score (nSPS) is 26.0. The monoisotopic (exact) mass is 1000 g/mol. The predicted molar refractivity (Wildman–Crippen MR) is 279 cm³/mol. The van der Waals surface area contributed by atoms with Crippen LogP contribution in [-0.4, -0.2) is 142 Å². The molecule has 2 fully saturated rings. The molecule has 2 aliphatic heterocycles. The largest absolute Gasteiger partial charge is 0.457 e. The Labute approximate surface area is 427 Å². The Morgan fingerprint density at radius 3 is 1.37 bits per heavy atom. The van der Waals surface area contributed by atoms with Crippen LogP contribution >= 0.6 is 0 Å². The molecule has 2 heterocycles. The van der Waals surface area contributed by atoms with Crippen LogP contribution in [0.1, 0.15) is 168 Å². The van der Waals surface area contributed by atoms with Crippen LogP contribution in [0.4, 0.5) is 0 Å². The fourth-order valence-electron chi connectivity index (χ4n) is 8.05. The first-order valence-corrected chi connectivity index (χ1v) is 27.2. The fourth-order valence-corrected chi connectivity index (χ4v) is 8.05. The molecular formula is C57H96O14. The molecule has 0 bridgehead atoms. The second-order valence-corrected chi connectivity index (χ2v) is 18.6. The summed E-state index contributed by atoms with van der Waals surface area (Å²) in [6, 6.07) is 0. The minimum atomic E-state index is -1.72. The van der Waals surface area contributed by atoms with Gasteiger partial charge in [0.2, 0.25) is 0 Å². The Balaban J connectivity index is 1.73. The lowest BCUT2D eigenvalue weighted by molar-refractivity contribution is -0.332. The number of aliphatic hydroxyl groups is 7. The van der Waals surface area contributed by atoms with E-state index < -0.39 is 86.7 Å². The van der Waals surface area contributed by atoms with Gasteiger partial charge >= 0.3 is 5.97 Å². The van der Waals surface area contributed by atoms with Crippen LogP contribution in [0.3, 0.4) is 0 Å². The number of aliphatic hydroxyl groups excluding tert-OH is 7. The van der Waals surface area contributed by atoms with Gasteiger partial charge in [0.25, 0.3) is 0 Å². The van der Waals surface area contributed by atoms with Gasteiger partial charge in [-0.05, 0) is 83.5 Å². The topological polar surface area (TPSA) is 214 Å². The lowest BCUT2D eigenvalue weighted by Crippen LogP contribution is -2.61. The third kappa shape index (κ3) is 30.8. The molecule has 0 aromatic rings. The van der Waals surface area contributed by atoms with Gasteiger partial charge in [-0.1, -0.05) is 163 Å². The van der Waals surface area contributed by atoms with E-state index in [1.165, 1.54) is 38.5 Å². The first kappa shape index (κ1) is 64.3. The average molecular weight is 1010 g/mol. The Morgan fingerprint density at radius 1 is 0.465 bits per heavy atom. The Morgan fingerprint density at radius 2 is 0.873 bits per heavy atom. The Hall–Kier alpha value is -2.83. The zero-order valence-electron chi connectivity index (χ0n) is 43.4. The van der Waals surface area contributed by atoms with E-state index in [1.54, 1.807) is 0 Å². The lowest BCUT2D eigenvalue weighted by Gasteiger charge is -2.42. The van der Waals surface area contributed by atoms with E-state index in [0.717, 1.165) is 103 Å². The van der Waals surface area contributed by atoms with Crippen molar-refractivity contribution in [3.05, 3.63) is 85.1 Å². The third-order valence-corrected chi connectivity index (χ3v) is 12.4. The van der Waals surface area contributed by atoms with Crippen molar-refractivity contribution in [2.45, 2.75) is 235 Å². The summed E-state index contributed by atoms with van der Waals surface area (Å²) < 4.78 is 34.3. The molecule has 0 aromatic heterocycles. The van der Waals surface area contributed by atoms with Gasteiger partial charge in [0, 0.05) is 13.0 Å². The zero-order valence-corrected chi connectivity index (χ0v) is 43.4. The van der Waals surface area contributed by atoms with Crippen molar-refractivity contribution in [1.82, 2.24) is 0 Å². The number of hydrogen-bond acceptors (Lipinski definition) is 14. The van der Waals surface area contributed by atoms with Gasteiger partial charge in [0.05, 0.1) is 26.4 Å². The molecule has 2 saturated heterocycles. The number of carbonyl (C=O) groups excluding carboxylic acids is 1. The summed E-state index contributed by atoms with van der Waals surface area (Å²) in [6.07, 6.45) is 39.3. The van der Waals surface area contributed by atoms with Crippen LogP contribution in [0.5, 0.6) is 0 Å². The summed E-state index contributed by atoms with van der Waals surface area (Å²) in [5, 5.41) is 72.2. The van der Waals surface area contributed by atoms with Gasteiger partial charge in [-0.25, -0.2) is 0 Å². The highest BCUT2D eigenvalue weighted by Gasteiger charge is 2.47. The van der Waals surface area contributed by atoms with Crippen molar-refractivity contribution in [1.29, 1.82) is 0 Å². The molecule has 0 radical (unpaired) electrons. The molecule has 11 unspecified atom stereocenters. The van der Waals surface area contributed by atoms with Crippen molar-refractivity contribution >= 4 is 5.97 Å². The second kappa shape index (κ2) is 43.6. The predicted octanol–water partition coefficient (Wildman–Crippen LogP) is 8.85. The van der Waals surface area contributed by atoms with E-state index in [2.05, 4.69) is 98.9 Å². The van der Waals surface area contributed by atoms with Gasteiger partial charge in [-0.2, -0.15) is 0 Å². The van der Waals surface area contributed by atoms with Gasteiger partial charge in [0.1, 0.15) is 54.9 Å². The van der Waals surface area contributed by atoms with Gasteiger partial charge in [0.15, 0.2) is 12.6 Å². The van der Waals surface area contributed by atoms with Crippen molar-refractivity contribution in [2.24, 2.45) is 0 Å². The maximum absolute atomic E-state index is 13.0. The van der Waals surface area contributed by atoms with Crippen LogP contribution in [-0.2, 0) is 33.2 Å². The standard InChI is InChI=1S/C57H96O14/c1-3-5-7-9-11-13-15-17-19-20-21-22-23-24-25-26-27-28-30-32-34-36-38-40-49(59)69-46(43-66-41-39-37-35-33-31-29-18-16-14-12-10-8-6-4-2)44-67-56-55(65)53(63)51(61)48(71-56)45-68-57-54(64)52(62)50(60)47(42-58)70-57/h5-8,11-14,17-19,21-22,29,46-48,50-58,60-65H,3-4,9-10,15-16,20,23-28,30-45H2,1-2H3/b7-5-,8-6-,13-11-,14-12-,19-17-,22-21-,29-18-. The maximum atomic E-state index is 13.0. The SMILES string of the molecule is CC/C=C\C/C=C\C/C=C\C/C=C\CCCCCCCCCCCCC(=O)OC(COCCCCCC/C=C\C/C=C\C/C=C\CC)COC1OC(COC2OC(CO)C(O)C(O)C2O)C(O)C(O)C1O. The molecule has 0 saturated carbocycles. The van der Waals surface area contributed by atoms with E-state index in [9.17, 15) is 40.5 Å². The summed E-state index contributed by atoms with van der Waals surface area (Å²) in [7, 11) is 0. The molecule has 14 nitrogen and oxygen atoms in total. The Bertz CT molecular complexity index is 1490. The van der Waals surface area contributed by atoms with Gasteiger partial charge < -0.3 is 64.2 Å².